The van der Waals surface area contributed by atoms with Crippen molar-refractivity contribution in [2.24, 2.45) is 0 Å². The summed E-state index contributed by atoms with van der Waals surface area (Å²) >= 11 is 5.86. The molecule has 1 aliphatic heterocycles. The molecule has 0 spiro atoms. The van der Waals surface area contributed by atoms with Crippen LogP contribution < -0.4 is 23.8 Å². The van der Waals surface area contributed by atoms with Crippen LogP contribution in [0.3, 0.4) is 0 Å². The Kier molecular flexibility index (Phi) is 7.37. The molecule has 0 saturated carbocycles. The Hall–Kier alpha value is -3.43. The quantitative estimate of drug-likeness (QED) is 0.458. The van der Waals surface area contributed by atoms with Crippen molar-refractivity contribution in [3.8, 4) is 17.2 Å². The lowest BCUT2D eigenvalue weighted by atomic mass is 10.1. The highest BCUT2D eigenvalue weighted by atomic mass is 35.5. The molecule has 1 aliphatic rings. The molecular formula is C25H25ClN2O6S. The minimum atomic E-state index is -3.97. The summed E-state index contributed by atoms with van der Waals surface area (Å²) in [4.78, 5) is 13.0. The van der Waals surface area contributed by atoms with Crippen molar-refractivity contribution < 1.29 is 27.4 Å². The Balaban J connectivity index is 1.49. The second-order valence-corrected chi connectivity index (χ2v) is 10.2. The van der Waals surface area contributed by atoms with Crippen molar-refractivity contribution in [3.63, 3.8) is 0 Å². The van der Waals surface area contributed by atoms with Gasteiger partial charge in [0, 0.05) is 5.02 Å². The Morgan fingerprint density at radius 3 is 2.46 bits per heavy atom. The lowest BCUT2D eigenvalue weighted by Gasteiger charge is -2.35. The van der Waals surface area contributed by atoms with E-state index in [0.29, 0.717) is 28.0 Å². The zero-order valence-electron chi connectivity index (χ0n) is 19.2. The van der Waals surface area contributed by atoms with Crippen LogP contribution in [-0.4, -0.2) is 47.2 Å². The number of anilines is 1. The summed E-state index contributed by atoms with van der Waals surface area (Å²) in [5, 5.41) is 3.35. The number of benzene rings is 3. The first-order valence-electron chi connectivity index (χ1n) is 10.9. The van der Waals surface area contributed by atoms with Crippen LogP contribution in [0.2, 0.25) is 5.02 Å². The predicted molar refractivity (Wildman–Crippen MR) is 133 cm³/mol. The van der Waals surface area contributed by atoms with E-state index in [1.165, 1.54) is 23.5 Å². The number of aryl methyl sites for hydroxylation is 1. The Labute approximate surface area is 209 Å². The van der Waals surface area contributed by atoms with E-state index >= 15 is 0 Å². The minimum absolute atomic E-state index is 0.0863. The molecule has 0 bridgehead atoms. The second-order valence-electron chi connectivity index (χ2n) is 7.88. The molecule has 4 rings (SSSR count). The molecular weight excluding hydrogens is 492 g/mol. The summed E-state index contributed by atoms with van der Waals surface area (Å²) in [6, 6.07) is 18.2. The third kappa shape index (κ3) is 5.63. The SMILES string of the molecule is COc1ccc(S(=O)(=O)N2C[C@@H](C(=O)NCCOc3ccc(Cl)cc3)Oc3ccc(C)cc32)cc1. The maximum Gasteiger partial charge on any atom is 0.264 e. The Morgan fingerprint density at radius 1 is 1.09 bits per heavy atom. The molecule has 0 fully saturated rings. The van der Waals surface area contributed by atoms with Crippen LogP contribution in [0.4, 0.5) is 5.69 Å². The summed E-state index contributed by atoms with van der Waals surface area (Å²) in [6.45, 7) is 2.13. The average Bonchev–Trinajstić information content (AvgIpc) is 2.86. The summed E-state index contributed by atoms with van der Waals surface area (Å²) < 4.78 is 44.9. The molecule has 0 aromatic heterocycles. The van der Waals surface area contributed by atoms with Gasteiger partial charge in [-0.1, -0.05) is 17.7 Å². The van der Waals surface area contributed by atoms with Gasteiger partial charge in [0.1, 0.15) is 23.9 Å². The average molecular weight is 517 g/mol. The van der Waals surface area contributed by atoms with Crippen LogP contribution in [0.5, 0.6) is 17.2 Å². The number of hydrogen-bond acceptors (Lipinski definition) is 6. The standard InChI is InChI=1S/C25H25ClN2O6S/c1-17-3-12-23-22(15-17)28(35(30,31)21-10-8-19(32-2)9-11-21)16-24(34-23)25(29)27-13-14-33-20-6-4-18(26)5-7-20/h3-12,15,24H,13-14,16H2,1-2H3,(H,27,29)/t24-/m0/s1. The predicted octanol–water partition coefficient (Wildman–Crippen LogP) is 3.81. The van der Waals surface area contributed by atoms with Gasteiger partial charge >= 0.3 is 0 Å². The number of nitrogens with zero attached hydrogens (tertiary/aromatic N) is 1. The van der Waals surface area contributed by atoms with Gasteiger partial charge in [-0.3, -0.25) is 9.10 Å². The molecule has 0 aliphatic carbocycles. The lowest BCUT2D eigenvalue weighted by Crippen LogP contribution is -2.51. The van der Waals surface area contributed by atoms with E-state index < -0.39 is 22.0 Å². The fourth-order valence-corrected chi connectivity index (χ4v) is 5.18. The zero-order valence-corrected chi connectivity index (χ0v) is 20.8. The molecule has 0 unspecified atom stereocenters. The van der Waals surface area contributed by atoms with Gasteiger partial charge in [0.05, 0.1) is 30.8 Å². The number of rotatable bonds is 8. The molecule has 35 heavy (non-hydrogen) atoms. The van der Waals surface area contributed by atoms with Gasteiger partial charge < -0.3 is 19.5 Å². The van der Waals surface area contributed by atoms with E-state index in [0.717, 1.165) is 5.56 Å². The molecule has 184 valence electrons. The number of ether oxygens (including phenoxy) is 3. The van der Waals surface area contributed by atoms with Crippen molar-refractivity contribution in [1.82, 2.24) is 5.32 Å². The third-order valence-corrected chi connectivity index (χ3v) is 7.45. The van der Waals surface area contributed by atoms with E-state index in [1.54, 1.807) is 54.6 Å². The van der Waals surface area contributed by atoms with E-state index in [2.05, 4.69) is 5.32 Å². The second kappa shape index (κ2) is 10.5. The molecule has 1 heterocycles. The fraction of sp³-hybridized carbons (Fsp3) is 0.240. The molecule has 0 radical (unpaired) electrons. The van der Waals surface area contributed by atoms with Gasteiger partial charge in [-0.15, -0.1) is 0 Å². The van der Waals surface area contributed by atoms with Gasteiger partial charge in [0.15, 0.2) is 6.10 Å². The van der Waals surface area contributed by atoms with E-state index in [-0.39, 0.29) is 24.6 Å². The first kappa shape index (κ1) is 24.7. The van der Waals surface area contributed by atoms with Gasteiger partial charge in [0.2, 0.25) is 0 Å². The van der Waals surface area contributed by atoms with Gasteiger partial charge in [-0.25, -0.2) is 8.42 Å². The first-order valence-corrected chi connectivity index (χ1v) is 12.7. The number of carbonyl (C=O) groups excluding carboxylic acids is 1. The molecule has 10 heteroatoms. The van der Waals surface area contributed by atoms with Crippen molar-refractivity contribution in [2.45, 2.75) is 17.9 Å². The van der Waals surface area contributed by atoms with Gasteiger partial charge in [-0.2, -0.15) is 0 Å². The third-order valence-electron chi connectivity index (χ3n) is 5.41. The molecule has 3 aromatic carbocycles. The molecule has 3 aromatic rings. The monoisotopic (exact) mass is 516 g/mol. The van der Waals surface area contributed by atoms with Crippen LogP contribution in [0, 0.1) is 6.92 Å². The number of methoxy groups -OCH3 is 1. The number of fused-ring (bicyclic) bond motifs is 1. The summed E-state index contributed by atoms with van der Waals surface area (Å²) in [6.07, 6.45) is -1.03. The number of amides is 1. The fourth-order valence-electron chi connectivity index (χ4n) is 3.59. The van der Waals surface area contributed by atoms with Crippen molar-refractivity contribution in [3.05, 3.63) is 77.3 Å². The van der Waals surface area contributed by atoms with Crippen molar-refractivity contribution >= 4 is 33.2 Å². The van der Waals surface area contributed by atoms with E-state index in [1.807, 2.05) is 6.92 Å². The summed E-state index contributed by atoms with van der Waals surface area (Å²) in [7, 11) is -2.46. The smallest absolute Gasteiger partial charge is 0.264 e. The van der Waals surface area contributed by atoms with E-state index in [4.69, 9.17) is 25.8 Å². The van der Waals surface area contributed by atoms with Crippen molar-refractivity contribution in [1.29, 1.82) is 0 Å². The Bertz CT molecular complexity index is 1300. The maximum absolute atomic E-state index is 13.5. The Morgan fingerprint density at radius 2 is 1.77 bits per heavy atom. The lowest BCUT2D eigenvalue weighted by molar-refractivity contribution is -0.127. The van der Waals surface area contributed by atoms with Gasteiger partial charge in [-0.05, 0) is 73.2 Å². The summed E-state index contributed by atoms with van der Waals surface area (Å²) in [5.74, 6) is 1.04. The topological polar surface area (TPSA) is 94.2 Å². The van der Waals surface area contributed by atoms with E-state index in [9.17, 15) is 13.2 Å². The van der Waals surface area contributed by atoms with Crippen LogP contribution in [0.25, 0.3) is 0 Å². The minimum Gasteiger partial charge on any atom is -0.497 e. The molecule has 0 saturated heterocycles. The van der Waals surface area contributed by atoms with Crippen molar-refractivity contribution in [2.75, 3.05) is 31.1 Å². The molecule has 1 amide bonds. The highest BCUT2D eigenvalue weighted by Crippen LogP contribution is 2.38. The number of halogens is 1. The van der Waals surface area contributed by atoms with Gasteiger partial charge in [0.25, 0.3) is 15.9 Å². The molecule has 8 nitrogen and oxygen atoms in total. The van der Waals surface area contributed by atoms with Crippen LogP contribution in [0.1, 0.15) is 5.56 Å². The first-order chi connectivity index (χ1) is 16.8. The number of hydrogen-bond donors (Lipinski definition) is 1. The number of carbonyl (C=O) groups is 1. The maximum atomic E-state index is 13.5. The van der Waals surface area contributed by atoms with Crippen LogP contribution in [-0.2, 0) is 14.8 Å². The molecule has 1 N–H and O–H groups in total. The highest BCUT2D eigenvalue weighted by Gasteiger charge is 2.37. The number of sulfonamides is 1. The largest absolute Gasteiger partial charge is 0.497 e. The zero-order chi connectivity index (χ0) is 25.0. The normalized spacial score (nSPS) is 15.1. The molecule has 1 atom stereocenters. The van der Waals surface area contributed by atoms with Crippen LogP contribution >= 0.6 is 11.6 Å². The highest BCUT2D eigenvalue weighted by molar-refractivity contribution is 7.92. The summed E-state index contributed by atoms with van der Waals surface area (Å²) in [5.41, 5.74) is 1.25. The number of nitrogens with one attached hydrogen (secondary N) is 1. The van der Waals surface area contributed by atoms with Crippen LogP contribution in [0.15, 0.2) is 71.6 Å².